The van der Waals surface area contributed by atoms with Crippen LogP contribution >= 0.6 is 11.3 Å². The number of benzene rings is 1. The molecule has 1 atom stereocenters. The molecule has 0 N–H and O–H groups in total. The van der Waals surface area contributed by atoms with Gasteiger partial charge in [0, 0.05) is 18.0 Å². The Hall–Kier alpha value is -1.81. The van der Waals surface area contributed by atoms with Crippen LogP contribution in [0.15, 0.2) is 24.3 Å². The van der Waals surface area contributed by atoms with Crippen molar-refractivity contribution in [2.75, 3.05) is 20.2 Å². The number of nitrogens with zero attached hydrogens (tertiary/aromatic N) is 1. The van der Waals surface area contributed by atoms with E-state index < -0.39 is 0 Å². The van der Waals surface area contributed by atoms with Crippen LogP contribution in [0.5, 0.6) is 5.75 Å². The number of amides is 1. The van der Waals surface area contributed by atoms with Crippen LogP contribution in [0.2, 0.25) is 0 Å². The van der Waals surface area contributed by atoms with E-state index in [9.17, 15) is 4.79 Å². The van der Waals surface area contributed by atoms with Gasteiger partial charge in [0.1, 0.15) is 5.75 Å². The van der Waals surface area contributed by atoms with Crippen molar-refractivity contribution >= 4 is 17.2 Å². The van der Waals surface area contributed by atoms with E-state index in [-0.39, 0.29) is 5.91 Å². The van der Waals surface area contributed by atoms with Gasteiger partial charge in [0.2, 0.25) is 0 Å². The number of carbonyl (C=O) groups excluding carboxylic acids is 1. The number of methoxy groups -OCH3 is 1. The van der Waals surface area contributed by atoms with Gasteiger partial charge in [-0.2, -0.15) is 0 Å². The highest BCUT2D eigenvalue weighted by Gasteiger charge is 2.26. The van der Waals surface area contributed by atoms with Gasteiger partial charge < -0.3 is 9.64 Å². The topological polar surface area (TPSA) is 29.5 Å². The maximum Gasteiger partial charge on any atom is 0.263 e. The summed E-state index contributed by atoms with van der Waals surface area (Å²) in [5.74, 6) is 1.71. The van der Waals surface area contributed by atoms with E-state index in [0.29, 0.717) is 5.92 Å². The van der Waals surface area contributed by atoms with Crippen molar-refractivity contribution < 1.29 is 9.53 Å². The minimum Gasteiger partial charge on any atom is -0.497 e. The third-order valence-corrected chi connectivity index (χ3v) is 6.39. The zero-order valence-electron chi connectivity index (χ0n) is 14.3. The van der Waals surface area contributed by atoms with Crippen LogP contribution in [0.4, 0.5) is 0 Å². The quantitative estimate of drug-likeness (QED) is 0.810. The highest BCUT2D eigenvalue weighted by Crippen LogP contribution is 2.41. The normalized spacial score (nSPS) is 19.6. The largest absolute Gasteiger partial charge is 0.497 e. The predicted octanol–water partition coefficient (Wildman–Crippen LogP) is 4.39. The molecule has 2 heterocycles. The second kappa shape index (κ2) is 6.25. The van der Waals surface area contributed by atoms with Crippen molar-refractivity contribution in [2.45, 2.75) is 32.6 Å². The van der Waals surface area contributed by atoms with Gasteiger partial charge in [0.25, 0.3) is 5.91 Å². The number of rotatable bonds is 2. The molecule has 1 fully saturated rings. The molecule has 1 amide bonds. The van der Waals surface area contributed by atoms with Crippen molar-refractivity contribution in [1.29, 1.82) is 0 Å². The summed E-state index contributed by atoms with van der Waals surface area (Å²) in [7, 11) is 1.70. The summed E-state index contributed by atoms with van der Waals surface area (Å²) in [6, 6.07) is 8.42. The Bertz CT molecular complexity index is 780. The molecule has 3 nitrogen and oxygen atoms in total. The monoisotopic (exact) mass is 341 g/mol. The smallest absolute Gasteiger partial charge is 0.263 e. The summed E-state index contributed by atoms with van der Waals surface area (Å²) >= 11 is 1.65. The van der Waals surface area contributed by atoms with E-state index in [1.165, 1.54) is 28.0 Å². The van der Waals surface area contributed by atoms with Gasteiger partial charge in [0.15, 0.2) is 0 Å². The second-order valence-corrected chi connectivity index (χ2v) is 8.04. The lowest BCUT2D eigenvalue weighted by atomic mass is 9.91. The molecule has 0 spiro atoms. The van der Waals surface area contributed by atoms with Crippen LogP contribution in [0.25, 0.3) is 10.4 Å². The van der Waals surface area contributed by atoms with Gasteiger partial charge in [0.05, 0.1) is 12.0 Å². The zero-order valence-corrected chi connectivity index (χ0v) is 15.1. The molecule has 0 radical (unpaired) electrons. The minimum absolute atomic E-state index is 0.213. The SMILES string of the molecule is COc1ccc2c(c1)-c1sc(C(=O)N3CCCC(C)C3)cc1CC2. The fourth-order valence-corrected chi connectivity index (χ4v) is 5.09. The highest BCUT2D eigenvalue weighted by molar-refractivity contribution is 7.17. The predicted molar refractivity (Wildman–Crippen MR) is 98.0 cm³/mol. The molecule has 4 rings (SSSR count). The number of fused-ring (bicyclic) bond motifs is 3. The van der Waals surface area contributed by atoms with Crippen LogP contribution < -0.4 is 4.74 Å². The molecule has 1 aliphatic heterocycles. The van der Waals surface area contributed by atoms with Gasteiger partial charge in [-0.3, -0.25) is 4.79 Å². The fraction of sp³-hybridized carbons (Fsp3) is 0.450. The molecule has 2 aliphatic rings. The first kappa shape index (κ1) is 15.7. The number of thiophene rings is 1. The molecule has 4 heteroatoms. The van der Waals surface area contributed by atoms with E-state index in [2.05, 4.69) is 25.1 Å². The first-order valence-corrected chi connectivity index (χ1v) is 9.56. The van der Waals surface area contributed by atoms with Crippen molar-refractivity contribution in [1.82, 2.24) is 4.90 Å². The van der Waals surface area contributed by atoms with Crippen LogP contribution in [0, 0.1) is 5.92 Å². The van der Waals surface area contributed by atoms with E-state index in [0.717, 1.165) is 43.0 Å². The Balaban J connectivity index is 1.67. The molecular formula is C20H23NO2S. The van der Waals surface area contributed by atoms with Gasteiger partial charge in [-0.15, -0.1) is 11.3 Å². The molecule has 0 saturated carbocycles. The molecule has 1 aromatic heterocycles. The van der Waals surface area contributed by atoms with E-state index >= 15 is 0 Å². The van der Waals surface area contributed by atoms with Crippen LogP contribution in [0.3, 0.4) is 0 Å². The average molecular weight is 341 g/mol. The lowest BCUT2D eigenvalue weighted by Crippen LogP contribution is -2.38. The fourth-order valence-electron chi connectivity index (χ4n) is 3.86. The molecular weight excluding hydrogens is 318 g/mol. The standard InChI is InChI=1S/C20H23NO2S/c1-13-4-3-9-21(12-13)20(22)18-10-15-6-5-14-7-8-16(23-2)11-17(14)19(15)24-18/h7-8,10-11,13H,3-6,9,12H2,1-2H3. The lowest BCUT2D eigenvalue weighted by molar-refractivity contribution is 0.0688. The van der Waals surface area contributed by atoms with Crippen molar-refractivity contribution in [2.24, 2.45) is 5.92 Å². The van der Waals surface area contributed by atoms with Crippen molar-refractivity contribution in [3.05, 3.63) is 40.3 Å². The Morgan fingerprint density at radius 2 is 2.08 bits per heavy atom. The Kier molecular flexibility index (Phi) is 4.09. The summed E-state index contributed by atoms with van der Waals surface area (Å²) in [4.78, 5) is 17.1. The Morgan fingerprint density at radius 1 is 1.25 bits per heavy atom. The summed E-state index contributed by atoms with van der Waals surface area (Å²) in [6.45, 7) is 4.03. The van der Waals surface area contributed by atoms with Gasteiger partial charge >= 0.3 is 0 Å². The Labute approximate surface area is 147 Å². The minimum atomic E-state index is 0.213. The van der Waals surface area contributed by atoms with E-state index in [1.54, 1.807) is 18.4 Å². The molecule has 1 aliphatic carbocycles. The maximum absolute atomic E-state index is 12.9. The molecule has 24 heavy (non-hydrogen) atoms. The maximum atomic E-state index is 12.9. The molecule has 1 unspecified atom stereocenters. The van der Waals surface area contributed by atoms with E-state index in [1.807, 2.05) is 11.0 Å². The number of carbonyl (C=O) groups is 1. The zero-order chi connectivity index (χ0) is 16.7. The van der Waals surface area contributed by atoms with Crippen molar-refractivity contribution in [3.8, 4) is 16.2 Å². The third-order valence-electron chi connectivity index (χ3n) is 5.19. The first-order chi connectivity index (χ1) is 11.7. The van der Waals surface area contributed by atoms with Crippen LogP contribution in [-0.2, 0) is 12.8 Å². The summed E-state index contributed by atoms with van der Waals surface area (Å²) < 4.78 is 5.39. The molecule has 1 aromatic carbocycles. The lowest BCUT2D eigenvalue weighted by Gasteiger charge is -2.30. The van der Waals surface area contributed by atoms with Gasteiger partial charge in [-0.1, -0.05) is 13.0 Å². The number of likely N-dealkylation sites (tertiary alicyclic amines) is 1. The van der Waals surface area contributed by atoms with Gasteiger partial charge in [-0.05, 0) is 66.5 Å². The highest BCUT2D eigenvalue weighted by atomic mass is 32.1. The van der Waals surface area contributed by atoms with Crippen LogP contribution in [0.1, 0.15) is 40.6 Å². The van der Waals surface area contributed by atoms with Gasteiger partial charge in [-0.25, -0.2) is 0 Å². The summed E-state index contributed by atoms with van der Waals surface area (Å²) in [5.41, 5.74) is 3.91. The number of hydrogen-bond donors (Lipinski definition) is 0. The number of aryl methyl sites for hydroxylation is 2. The summed E-state index contributed by atoms with van der Waals surface area (Å²) in [5, 5.41) is 0. The molecule has 0 bridgehead atoms. The van der Waals surface area contributed by atoms with Crippen LogP contribution in [-0.4, -0.2) is 31.0 Å². The third kappa shape index (κ3) is 2.73. The number of piperidine rings is 1. The molecule has 2 aromatic rings. The average Bonchev–Trinajstić information content (AvgIpc) is 3.05. The number of ether oxygens (including phenoxy) is 1. The van der Waals surface area contributed by atoms with E-state index in [4.69, 9.17) is 4.74 Å². The molecule has 126 valence electrons. The number of hydrogen-bond acceptors (Lipinski definition) is 3. The summed E-state index contributed by atoms with van der Waals surface area (Å²) in [6.07, 6.45) is 4.42. The first-order valence-electron chi connectivity index (χ1n) is 8.75. The van der Waals surface area contributed by atoms with Crippen molar-refractivity contribution in [3.63, 3.8) is 0 Å². The molecule has 1 saturated heterocycles. The second-order valence-electron chi connectivity index (χ2n) is 6.99. The Morgan fingerprint density at radius 3 is 2.88 bits per heavy atom.